The molecule has 1 heterocycles. The van der Waals surface area contributed by atoms with Crippen LogP contribution in [0.1, 0.15) is 52.5 Å². The summed E-state index contributed by atoms with van der Waals surface area (Å²) in [5.74, 6) is -0.438. The minimum Gasteiger partial charge on any atom is -0.478 e. The molecule has 4 rings (SSSR count). The van der Waals surface area contributed by atoms with Crippen molar-refractivity contribution in [3.63, 3.8) is 0 Å². The Balaban J connectivity index is 1.87. The summed E-state index contributed by atoms with van der Waals surface area (Å²) in [6.45, 7) is 7.65. The fraction of sp³-hybridized carbons (Fsp3) is 0.214. The molecule has 1 unspecified atom stereocenters. The van der Waals surface area contributed by atoms with Gasteiger partial charge in [0.2, 0.25) is 0 Å². The van der Waals surface area contributed by atoms with Crippen molar-refractivity contribution in [2.24, 2.45) is 0 Å². The van der Waals surface area contributed by atoms with Gasteiger partial charge in [-0.3, -0.25) is 4.79 Å². The molecule has 168 valence electrons. The number of carbonyl (C=O) groups is 1. The van der Waals surface area contributed by atoms with E-state index in [-0.39, 0.29) is 17.0 Å². The van der Waals surface area contributed by atoms with Gasteiger partial charge in [-0.25, -0.2) is 4.79 Å². The summed E-state index contributed by atoms with van der Waals surface area (Å²) in [4.78, 5) is 25.1. The van der Waals surface area contributed by atoms with Crippen molar-refractivity contribution in [2.45, 2.75) is 40.2 Å². The van der Waals surface area contributed by atoms with E-state index in [9.17, 15) is 14.7 Å². The number of nitrogens with one attached hydrogen (secondary N) is 1. The molecule has 0 fully saturated rings. The van der Waals surface area contributed by atoms with E-state index in [1.807, 2.05) is 69.3 Å². The molecule has 33 heavy (non-hydrogen) atoms. The van der Waals surface area contributed by atoms with E-state index in [0.717, 1.165) is 28.7 Å². The number of carboxylic acid groups (broad SMARTS) is 1. The molecule has 4 aromatic rings. The van der Waals surface area contributed by atoms with Crippen molar-refractivity contribution in [1.82, 2.24) is 0 Å². The van der Waals surface area contributed by atoms with Crippen LogP contribution in [-0.2, 0) is 6.42 Å². The van der Waals surface area contributed by atoms with Gasteiger partial charge in [-0.05, 0) is 56.5 Å². The third-order valence-electron chi connectivity index (χ3n) is 5.99. The maximum absolute atomic E-state index is 13.3. The van der Waals surface area contributed by atoms with Crippen molar-refractivity contribution in [3.05, 3.63) is 98.7 Å². The van der Waals surface area contributed by atoms with E-state index < -0.39 is 5.97 Å². The van der Waals surface area contributed by atoms with Crippen LogP contribution in [-0.4, -0.2) is 11.1 Å². The van der Waals surface area contributed by atoms with Crippen LogP contribution < -0.4 is 10.7 Å². The molecule has 0 amide bonds. The Morgan fingerprint density at radius 1 is 1.06 bits per heavy atom. The second kappa shape index (κ2) is 8.94. The van der Waals surface area contributed by atoms with Crippen LogP contribution in [0.4, 0.5) is 5.69 Å². The molecule has 1 aromatic heterocycles. The fourth-order valence-corrected chi connectivity index (χ4v) is 4.18. The molecule has 5 nitrogen and oxygen atoms in total. The minimum atomic E-state index is -0.984. The van der Waals surface area contributed by atoms with Crippen LogP contribution >= 0.6 is 0 Å². The van der Waals surface area contributed by atoms with Crippen molar-refractivity contribution in [1.29, 1.82) is 0 Å². The summed E-state index contributed by atoms with van der Waals surface area (Å²) in [7, 11) is 0. The maximum Gasteiger partial charge on any atom is 0.337 e. The van der Waals surface area contributed by atoms with E-state index in [4.69, 9.17) is 4.42 Å². The second-order valence-corrected chi connectivity index (χ2v) is 8.39. The van der Waals surface area contributed by atoms with Gasteiger partial charge in [0.05, 0.1) is 17.0 Å². The number of hydrogen-bond acceptors (Lipinski definition) is 4. The Labute approximate surface area is 192 Å². The lowest BCUT2D eigenvalue weighted by Gasteiger charge is -2.20. The topological polar surface area (TPSA) is 79.5 Å². The zero-order valence-electron chi connectivity index (χ0n) is 19.2. The number of carboxylic acids is 1. The smallest absolute Gasteiger partial charge is 0.337 e. The third kappa shape index (κ3) is 4.27. The van der Waals surface area contributed by atoms with Gasteiger partial charge in [-0.1, -0.05) is 49.4 Å². The quantitative estimate of drug-likeness (QED) is 0.356. The van der Waals surface area contributed by atoms with Gasteiger partial charge in [0, 0.05) is 22.4 Å². The first-order valence-corrected chi connectivity index (χ1v) is 11.1. The molecule has 0 aliphatic carbocycles. The highest BCUT2D eigenvalue weighted by Gasteiger charge is 2.20. The number of aryl methyl sites for hydroxylation is 2. The summed E-state index contributed by atoms with van der Waals surface area (Å²) in [6, 6.07) is 18.5. The predicted octanol–water partition coefficient (Wildman–Crippen LogP) is 6.51. The Morgan fingerprint density at radius 2 is 1.79 bits per heavy atom. The highest BCUT2D eigenvalue weighted by atomic mass is 16.4. The maximum atomic E-state index is 13.3. The van der Waals surface area contributed by atoms with Crippen molar-refractivity contribution < 1.29 is 14.3 Å². The fourth-order valence-electron chi connectivity index (χ4n) is 4.18. The molecule has 0 aliphatic heterocycles. The zero-order chi connectivity index (χ0) is 23.7. The molecule has 3 aromatic carbocycles. The molecule has 1 atom stereocenters. The average Bonchev–Trinajstić information content (AvgIpc) is 2.81. The molecular weight excluding hydrogens is 414 g/mol. The van der Waals surface area contributed by atoms with Crippen molar-refractivity contribution in [3.8, 4) is 11.3 Å². The summed E-state index contributed by atoms with van der Waals surface area (Å²) >= 11 is 0. The number of rotatable bonds is 6. The van der Waals surface area contributed by atoms with Crippen LogP contribution in [0.15, 0.2) is 69.9 Å². The van der Waals surface area contributed by atoms with Crippen LogP contribution in [0.5, 0.6) is 0 Å². The van der Waals surface area contributed by atoms with Gasteiger partial charge < -0.3 is 14.8 Å². The lowest BCUT2D eigenvalue weighted by atomic mass is 9.98. The van der Waals surface area contributed by atoms with Crippen LogP contribution in [0, 0.1) is 13.8 Å². The first-order chi connectivity index (χ1) is 15.8. The molecule has 0 bridgehead atoms. The molecule has 0 radical (unpaired) electrons. The van der Waals surface area contributed by atoms with E-state index in [1.54, 1.807) is 19.1 Å². The second-order valence-electron chi connectivity index (χ2n) is 8.39. The monoisotopic (exact) mass is 441 g/mol. The lowest BCUT2D eigenvalue weighted by Crippen LogP contribution is -2.14. The molecule has 0 aliphatic rings. The first-order valence-electron chi connectivity index (χ1n) is 11.1. The Bertz CT molecular complexity index is 1400. The molecule has 0 saturated carbocycles. The van der Waals surface area contributed by atoms with Crippen molar-refractivity contribution in [2.75, 3.05) is 5.32 Å². The van der Waals surface area contributed by atoms with Gasteiger partial charge in [-0.2, -0.15) is 0 Å². The van der Waals surface area contributed by atoms with Gasteiger partial charge in [0.25, 0.3) is 0 Å². The standard InChI is InChI=1S/C28H27NO4/c1-5-19-11-12-24(22(15-19)28(31)32)29-18(4)21-13-16(2)14-23-25(30)17(3)26(33-27(21)23)20-9-7-6-8-10-20/h6-15,18,29H,5H2,1-4H3,(H,31,32). The summed E-state index contributed by atoms with van der Waals surface area (Å²) in [5.41, 5.74) is 5.29. The van der Waals surface area contributed by atoms with E-state index in [1.165, 1.54) is 0 Å². The lowest BCUT2D eigenvalue weighted by molar-refractivity contribution is 0.0697. The molecule has 0 spiro atoms. The van der Waals surface area contributed by atoms with Gasteiger partial charge in [0.15, 0.2) is 5.43 Å². The molecule has 2 N–H and O–H groups in total. The SMILES string of the molecule is CCc1ccc(NC(C)c2cc(C)cc3c(=O)c(C)c(-c4ccccc4)oc23)c(C(=O)O)c1. The zero-order valence-corrected chi connectivity index (χ0v) is 19.2. The number of aromatic carboxylic acids is 1. The van der Waals surface area contributed by atoms with Gasteiger partial charge in [-0.15, -0.1) is 0 Å². The summed E-state index contributed by atoms with van der Waals surface area (Å²) < 4.78 is 6.36. The first kappa shape index (κ1) is 22.3. The van der Waals surface area contributed by atoms with E-state index in [2.05, 4.69) is 5.32 Å². The van der Waals surface area contributed by atoms with E-state index in [0.29, 0.717) is 28.0 Å². The van der Waals surface area contributed by atoms with Gasteiger partial charge >= 0.3 is 5.97 Å². The molecular formula is C28H27NO4. The number of hydrogen-bond donors (Lipinski definition) is 2. The van der Waals surface area contributed by atoms with Crippen LogP contribution in [0.2, 0.25) is 0 Å². The average molecular weight is 442 g/mol. The largest absolute Gasteiger partial charge is 0.478 e. The summed E-state index contributed by atoms with van der Waals surface area (Å²) in [5, 5.41) is 13.6. The molecule has 5 heteroatoms. The van der Waals surface area contributed by atoms with Crippen LogP contribution in [0.3, 0.4) is 0 Å². The highest BCUT2D eigenvalue weighted by molar-refractivity contribution is 5.94. The van der Waals surface area contributed by atoms with Crippen molar-refractivity contribution >= 4 is 22.6 Å². The molecule has 0 saturated heterocycles. The Morgan fingerprint density at radius 3 is 2.45 bits per heavy atom. The Kier molecular flexibility index (Phi) is 6.05. The highest BCUT2D eigenvalue weighted by Crippen LogP contribution is 2.32. The normalized spacial score (nSPS) is 12.0. The van der Waals surface area contributed by atoms with Crippen LogP contribution in [0.25, 0.3) is 22.3 Å². The Hall–Kier alpha value is -3.86. The van der Waals surface area contributed by atoms with Gasteiger partial charge in [0.1, 0.15) is 11.3 Å². The predicted molar refractivity (Wildman–Crippen MR) is 132 cm³/mol. The number of anilines is 1. The number of fused-ring (bicyclic) bond motifs is 1. The van der Waals surface area contributed by atoms with E-state index >= 15 is 0 Å². The minimum absolute atomic E-state index is 0.0641. The summed E-state index contributed by atoms with van der Waals surface area (Å²) in [6.07, 6.45) is 0.755. The third-order valence-corrected chi connectivity index (χ3v) is 5.99. The number of benzene rings is 3.